The van der Waals surface area contributed by atoms with Crippen molar-refractivity contribution in [2.75, 3.05) is 0 Å². The zero-order valence-corrected chi connectivity index (χ0v) is 12.0. The van der Waals surface area contributed by atoms with Crippen molar-refractivity contribution >= 4 is 29.3 Å². The minimum Gasteiger partial charge on any atom is -0.478 e. The van der Waals surface area contributed by atoms with E-state index in [1.54, 1.807) is 12.1 Å². The van der Waals surface area contributed by atoms with Crippen LogP contribution in [0.4, 0.5) is 0 Å². The maximum atomic E-state index is 11.2. The Labute approximate surface area is 121 Å². The Kier molecular flexibility index (Phi) is 4.51. The lowest BCUT2D eigenvalue weighted by molar-refractivity contribution is 0.0693. The average Bonchev–Trinajstić information content (AvgIpc) is 2.37. The number of hydrogen-bond acceptors (Lipinski definition) is 2. The fourth-order valence-corrected chi connectivity index (χ4v) is 2.90. The topological polar surface area (TPSA) is 37.3 Å². The first-order valence-corrected chi connectivity index (χ1v) is 7.14. The van der Waals surface area contributed by atoms with Gasteiger partial charge in [0.1, 0.15) is 0 Å². The Bertz CT molecular complexity index is 611. The summed E-state index contributed by atoms with van der Waals surface area (Å²) in [7, 11) is 0. The molecule has 98 valence electrons. The first-order valence-electron chi connectivity index (χ1n) is 5.77. The van der Waals surface area contributed by atoms with Crippen molar-refractivity contribution in [3.8, 4) is 0 Å². The smallest absolute Gasteiger partial charge is 0.336 e. The molecule has 0 spiro atoms. The van der Waals surface area contributed by atoms with E-state index in [1.165, 1.54) is 29.0 Å². The number of carbonyl (C=O) groups is 1. The van der Waals surface area contributed by atoms with Crippen molar-refractivity contribution in [2.45, 2.75) is 17.6 Å². The molecule has 1 N–H and O–H groups in total. The molecule has 0 radical (unpaired) electrons. The van der Waals surface area contributed by atoms with Crippen molar-refractivity contribution in [1.29, 1.82) is 0 Å². The molecule has 0 aliphatic carbocycles. The molecule has 19 heavy (non-hydrogen) atoms. The second-order valence-corrected chi connectivity index (χ2v) is 5.68. The molecule has 0 bridgehead atoms. The Hall–Kier alpha value is -1.45. The number of rotatable bonds is 4. The van der Waals surface area contributed by atoms with E-state index in [1.807, 2.05) is 25.1 Å². The first-order chi connectivity index (χ1) is 9.06. The summed E-state index contributed by atoms with van der Waals surface area (Å²) in [6.45, 7) is 2.04. The molecule has 2 rings (SSSR count). The summed E-state index contributed by atoms with van der Waals surface area (Å²) >= 11 is 7.33. The van der Waals surface area contributed by atoms with Gasteiger partial charge >= 0.3 is 5.97 Å². The summed E-state index contributed by atoms with van der Waals surface area (Å²) in [6.07, 6.45) is 0. The highest BCUT2D eigenvalue weighted by molar-refractivity contribution is 7.98. The lowest BCUT2D eigenvalue weighted by Gasteiger charge is -2.07. The van der Waals surface area contributed by atoms with Crippen LogP contribution in [0.5, 0.6) is 0 Å². The quantitative estimate of drug-likeness (QED) is 0.834. The van der Waals surface area contributed by atoms with Crippen LogP contribution in [0.3, 0.4) is 0 Å². The van der Waals surface area contributed by atoms with E-state index in [0.29, 0.717) is 5.02 Å². The van der Waals surface area contributed by atoms with Gasteiger partial charge in [0, 0.05) is 15.7 Å². The van der Waals surface area contributed by atoms with Gasteiger partial charge in [0.05, 0.1) is 5.56 Å². The van der Waals surface area contributed by atoms with Crippen LogP contribution < -0.4 is 0 Å². The first kappa shape index (κ1) is 14.0. The second-order valence-electron chi connectivity index (χ2n) is 4.22. The molecule has 0 amide bonds. The van der Waals surface area contributed by atoms with E-state index in [-0.39, 0.29) is 5.56 Å². The molecular weight excluding hydrogens is 280 g/mol. The van der Waals surface area contributed by atoms with E-state index >= 15 is 0 Å². The normalized spacial score (nSPS) is 10.4. The molecule has 0 atom stereocenters. The molecule has 2 nitrogen and oxygen atoms in total. The number of benzene rings is 2. The second kappa shape index (κ2) is 6.13. The van der Waals surface area contributed by atoms with Crippen molar-refractivity contribution < 1.29 is 9.90 Å². The Morgan fingerprint density at radius 2 is 2.05 bits per heavy atom. The van der Waals surface area contributed by atoms with Gasteiger partial charge in [0.25, 0.3) is 0 Å². The Morgan fingerprint density at radius 1 is 1.26 bits per heavy atom. The molecule has 2 aromatic rings. The summed E-state index contributed by atoms with van der Waals surface area (Å²) in [6, 6.07) is 13.1. The fraction of sp³-hybridized carbons (Fsp3) is 0.133. The number of aryl methyl sites for hydroxylation is 1. The zero-order chi connectivity index (χ0) is 13.8. The molecule has 0 saturated carbocycles. The van der Waals surface area contributed by atoms with Gasteiger partial charge in [-0.3, -0.25) is 0 Å². The lowest BCUT2D eigenvalue weighted by atomic mass is 10.2. The number of hydrogen-bond donors (Lipinski definition) is 1. The van der Waals surface area contributed by atoms with Gasteiger partial charge < -0.3 is 5.11 Å². The third-order valence-corrected chi connectivity index (χ3v) is 4.03. The summed E-state index contributed by atoms with van der Waals surface area (Å²) in [5.74, 6) is -0.210. The molecule has 4 heteroatoms. The molecular formula is C15H13ClO2S. The van der Waals surface area contributed by atoms with Gasteiger partial charge in [-0.25, -0.2) is 4.79 Å². The predicted molar refractivity (Wildman–Crippen MR) is 79.2 cm³/mol. The van der Waals surface area contributed by atoms with E-state index in [4.69, 9.17) is 16.7 Å². The van der Waals surface area contributed by atoms with E-state index < -0.39 is 5.97 Å². The molecule has 0 heterocycles. The highest BCUT2D eigenvalue weighted by Crippen LogP contribution is 2.28. The number of thioether (sulfide) groups is 1. The number of aromatic carboxylic acids is 1. The zero-order valence-electron chi connectivity index (χ0n) is 10.4. The summed E-state index contributed by atoms with van der Waals surface area (Å²) < 4.78 is 0. The fourth-order valence-electron chi connectivity index (χ4n) is 1.76. The number of carboxylic acid groups (broad SMARTS) is 1. The van der Waals surface area contributed by atoms with E-state index in [0.717, 1.165) is 10.6 Å². The van der Waals surface area contributed by atoms with E-state index in [9.17, 15) is 4.79 Å². The lowest BCUT2D eigenvalue weighted by Crippen LogP contribution is -1.98. The molecule has 0 aliphatic heterocycles. The molecule has 0 aliphatic rings. The SMILES string of the molecule is Cc1cccc(CSc2ccc(Cl)cc2C(=O)O)c1. The van der Waals surface area contributed by atoms with Crippen LogP contribution in [-0.4, -0.2) is 11.1 Å². The molecule has 0 fully saturated rings. The minimum absolute atomic E-state index is 0.255. The standard InChI is InChI=1S/C15H13ClO2S/c1-10-3-2-4-11(7-10)9-19-14-6-5-12(16)8-13(14)15(17)18/h2-8H,9H2,1H3,(H,17,18). The molecule has 0 unspecified atom stereocenters. The van der Waals surface area contributed by atoms with Crippen molar-refractivity contribution in [1.82, 2.24) is 0 Å². The van der Waals surface area contributed by atoms with Crippen molar-refractivity contribution in [2.24, 2.45) is 0 Å². The maximum absolute atomic E-state index is 11.2. The monoisotopic (exact) mass is 292 g/mol. The van der Waals surface area contributed by atoms with Gasteiger partial charge in [-0.2, -0.15) is 0 Å². The summed E-state index contributed by atoms with van der Waals surface area (Å²) in [5.41, 5.74) is 2.63. The third-order valence-electron chi connectivity index (χ3n) is 2.65. The van der Waals surface area contributed by atoms with Crippen LogP contribution in [0.1, 0.15) is 21.5 Å². The summed E-state index contributed by atoms with van der Waals surface area (Å²) in [4.78, 5) is 11.9. The largest absolute Gasteiger partial charge is 0.478 e. The highest BCUT2D eigenvalue weighted by atomic mass is 35.5. The van der Waals surface area contributed by atoms with Crippen LogP contribution in [0.2, 0.25) is 5.02 Å². The van der Waals surface area contributed by atoms with Crippen LogP contribution in [-0.2, 0) is 5.75 Å². The molecule has 2 aromatic carbocycles. The van der Waals surface area contributed by atoms with Gasteiger partial charge in [-0.05, 0) is 30.7 Å². The third kappa shape index (κ3) is 3.75. The van der Waals surface area contributed by atoms with Crippen molar-refractivity contribution in [3.05, 3.63) is 64.2 Å². The van der Waals surface area contributed by atoms with Gasteiger partial charge in [-0.15, -0.1) is 11.8 Å². The molecule has 0 aromatic heterocycles. The van der Waals surface area contributed by atoms with Crippen LogP contribution in [0.15, 0.2) is 47.4 Å². The van der Waals surface area contributed by atoms with Crippen LogP contribution in [0.25, 0.3) is 0 Å². The van der Waals surface area contributed by atoms with Crippen LogP contribution in [0, 0.1) is 6.92 Å². The Morgan fingerprint density at radius 3 is 2.74 bits per heavy atom. The number of carboxylic acids is 1. The average molecular weight is 293 g/mol. The van der Waals surface area contributed by atoms with Gasteiger partial charge in [-0.1, -0.05) is 41.4 Å². The van der Waals surface area contributed by atoms with Gasteiger partial charge in [0.15, 0.2) is 0 Å². The van der Waals surface area contributed by atoms with E-state index in [2.05, 4.69) is 6.07 Å². The van der Waals surface area contributed by atoms with Gasteiger partial charge in [0.2, 0.25) is 0 Å². The predicted octanol–water partition coefficient (Wildman–Crippen LogP) is 4.64. The van der Waals surface area contributed by atoms with Crippen molar-refractivity contribution in [3.63, 3.8) is 0 Å². The minimum atomic E-state index is -0.950. The Balaban J connectivity index is 2.17. The maximum Gasteiger partial charge on any atom is 0.336 e. The summed E-state index contributed by atoms with van der Waals surface area (Å²) in [5, 5.41) is 9.60. The van der Waals surface area contributed by atoms with Crippen LogP contribution >= 0.6 is 23.4 Å². The number of halogens is 1. The molecule has 0 saturated heterocycles. The highest BCUT2D eigenvalue weighted by Gasteiger charge is 2.11.